The third-order valence-electron chi connectivity index (χ3n) is 2.26. The molecule has 5 nitrogen and oxygen atoms in total. The molecule has 1 aromatic heterocycles. The summed E-state index contributed by atoms with van der Waals surface area (Å²) in [6.07, 6.45) is 0. The molecule has 1 heterocycles. The van der Waals surface area contributed by atoms with Gasteiger partial charge in [0.1, 0.15) is 5.56 Å². The molecule has 0 radical (unpaired) electrons. The van der Waals surface area contributed by atoms with E-state index in [4.69, 9.17) is 14.3 Å². The van der Waals surface area contributed by atoms with Crippen LogP contribution in [-0.2, 0) is 0 Å². The van der Waals surface area contributed by atoms with Crippen molar-refractivity contribution in [2.24, 2.45) is 0 Å². The predicted molar refractivity (Wildman–Crippen MR) is 63.7 cm³/mol. The van der Waals surface area contributed by atoms with E-state index in [2.05, 4.69) is 15.9 Å². The number of ether oxygens (including phenoxy) is 1. The van der Waals surface area contributed by atoms with E-state index in [1.54, 1.807) is 6.07 Å². The molecule has 1 N–H and O–H groups in total. The van der Waals surface area contributed by atoms with Gasteiger partial charge in [0.15, 0.2) is 0 Å². The molecule has 2 rings (SSSR count). The number of rotatable bonds is 2. The van der Waals surface area contributed by atoms with Crippen LogP contribution in [0.25, 0.3) is 10.8 Å². The summed E-state index contributed by atoms with van der Waals surface area (Å²) in [4.78, 5) is 22.7. The van der Waals surface area contributed by atoms with Crippen LogP contribution in [0.15, 0.2) is 31.9 Å². The van der Waals surface area contributed by atoms with Crippen molar-refractivity contribution in [1.82, 2.24) is 0 Å². The summed E-state index contributed by atoms with van der Waals surface area (Å²) in [6, 6.07) is 4.67. The number of fused-ring (bicyclic) bond motifs is 1. The van der Waals surface area contributed by atoms with Crippen LogP contribution in [0.1, 0.15) is 10.4 Å². The highest BCUT2D eigenvalue weighted by atomic mass is 79.9. The molecule has 6 heteroatoms. The smallest absolute Gasteiger partial charge is 0.346 e. The molecule has 0 spiro atoms. The maximum Gasteiger partial charge on any atom is 0.346 e. The fourth-order valence-corrected chi connectivity index (χ4v) is 1.91. The van der Waals surface area contributed by atoms with Gasteiger partial charge in [-0.1, -0.05) is 15.9 Å². The Kier molecular flexibility index (Phi) is 2.89. The van der Waals surface area contributed by atoms with Gasteiger partial charge in [0.25, 0.3) is 0 Å². The highest BCUT2D eigenvalue weighted by Crippen LogP contribution is 2.27. The number of carboxylic acid groups (broad SMARTS) is 1. The third-order valence-corrected chi connectivity index (χ3v) is 2.75. The molecule has 0 bridgehead atoms. The summed E-state index contributed by atoms with van der Waals surface area (Å²) in [6.45, 7) is 0. The Morgan fingerprint density at radius 2 is 2.12 bits per heavy atom. The minimum atomic E-state index is -1.21. The first-order valence-electron chi connectivity index (χ1n) is 4.58. The van der Waals surface area contributed by atoms with E-state index in [1.165, 1.54) is 19.2 Å². The Labute approximate surface area is 104 Å². The quantitative estimate of drug-likeness (QED) is 0.920. The molecule has 1 aromatic carbocycles. The summed E-state index contributed by atoms with van der Waals surface area (Å²) in [5.74, 6) is -1.51. The van der Waals surface area contributed by atoms with Crippen LogP contribution < -0.4 is 10.4 Å². The summed E-state index contributed by atoms with van der Waals surface area (Å²) in [5, 5.41) is 9.60. The second-order valence-corrected chi connectivity index (χ2v) is 4.17. The van der Waals surface area contributed by atoms with Crippen molar-refractivity contribution in [3.05, 3.63) is 38.7 Å². The molecule has 88 valence electrons. The zero-order valence-corrected chi connectivity index (χ0v) is 10.3. The first-order chi connectivity index (χ1) is 8.04. The first-order valence-corrected chi connectivity index (χ1v) is 5.37. The van der Waals surface area contributed by atoms with Gasteiger partial charge in [-0.15, -0.1) is 0 Å². The van der Waals surface area contributed by atoms with Gasteiger partial charge in [0.05, 0.1) is 12.5 Å². The Bertz CT molecular complexity index is 659. The lowest BCUT2D eigenvalue weighted by atomic mass is 10.1. The summed E-state index contributed by atoms with van der Waals surface area (Å²) in [7, 11) is 1.24. The lowest BCUT2D eigenvalue weighted by Gasteiger charge is -2.06. The van der Waals surface area contributed by atoms with E-state index in [0.29, 0.717) is 4.47 Å². The van der Waals surface area contributed by atoms with Crippen molar-refractivity contribution < 1.29 is 19.1 Å². The maximum absolute atomic E-state index is 11.6. The number of hydrogen-bond donors (Lipinski definition) is 1. The minimum absolute atomic E-state index is 0.164. The molecule has 0 amide bonds. The molecule has 0 unspecified atom stereocenters. The third kappa shape index (κ3) is 1.91. The van der Waals surface area contributed by atoms with Gasteiger partial charge in [-0.2, -0.15) is 0 Å². The summed E-state index contributed by atoms with van der Waals surface area (Å²) < 4.78 is 10.2. The molecule has 0 fully saturated rings. The highest BCUT2D eigenvalue weighted by molar-refractivity contribution is 9.10. The summed E-state index contributed by atoms with van der Waals surface area (Å²) in [5.41, 5.74) is -0.794. The number of hydrogen-bond acceptors (Lipinski definition) is 4. The van der Waals surface area contributed by atoms with Gasteiger partial charge >= 0.3 is 17.5 Å². The van der Waals surface area contributed by atoms with Crippen LogP contribution in [0.4, 0.5) is 0 Å². The second-order valence-electron chi connectivity index (χ2n) is 3.25. The molecule has 17 heavy (non-hydrogen) atoms. The van der Waals surface area contributed by atoms with Gasteiger partial charge in [-0.3, -0.25) is 0 Å². The van der Waals surface area contributed by atoms with Crippen molar-refractivity contribution in [2.75, 3.05) is 7.11 Å². The van der Waals surface area contributed by atoms with E-state index in [9.17, 15) is 9.59 Å². The topological polar surface area (TPSA) is 76.7 Å². The number of benzene rings is 1. The Morgan fingerprint density at radius 3 is 2.71 bits per heavy atom. The molecular formula is C11H7BrO5. The Balaban J connectivity index is 3.00. The van der Waals surface area contributed by atoms with Crippen molar-refractivity contribution in [2.45, 2.75) is 0 Å². The number of carboxylic acids is 1. The van der Waals surface area contributed by atoms with Gasteiger partial charge in [0, 0.05) is 9.86 Å². The van der Waals surface area contributed by atoms with Gasteiger partial charge < -0.3 is 14.3 Å². The monoisotopic (exact) mass is 298 g/mol. The molecule has 0 saturated heterocycles. The van der Waals surface area contributed by atoms with Gasteiger partial charge in [0.2, 0.25) is 0 Å². The van der Waals surface area contributed by atoms with Crippen molar-refractivity contribution >= 4 is 32.7 Å². The largest absolute Gasteiger partial charge is 0.477 e. The van der Waals surface area contributed by atoms with Crippen LogP contribution in [-0.4, -0.2) is 18.2 Å². The van der Waals surface area contributed by atoms with Crippen molar-refractivity contribution in [3.8, 4) is 5.95 Å². The zero-order chi connectivity index (χ0) is 12.6. The van der Waals surface area contributed by atoms with E-state index < -0.39 is 11.6 Å². The lowest BCUT2D eigenvalue weighted by molar-refractivity contribution is 0.0689. The molecule has 2 aromatic rings. The Morgan fingerprint density at radius 1 is 1.41 bits per heavy atom. The number of halogens is 1. The van der Waals surface area contributed by atoms with E-state index in [-0.39, 0.29) is 22.3 Å². The average molecular weight is 299 g/mol. The fraction of sp³-hybridized carbons (Fsp3) is 0.0909. The second kappa shape index (κ2) is 4.21. The fourth-order valence-electron chi connectivity index (χ4n) is 1.55. The number of aromatic carboxylic acids is 1. The molecule has 0 aliphatic heterocycles. The van der Waals surface area contributed by atoms with E-state index in [1.807, 2.05) is 0 Å². The number of methoxy groups -OCH3 is 1. The van der Waals surface area contributed by atoms with Crippen LogP contribution >= 0.6 is 15.9 Å². The maximum atomic E-state index is 11.6. The van der Waals surface area contributed by atoms with Gasteiger partial charge in [-0.05, 0) is 18.2 Å². The minimum Gasteiger partial charge on any atom is -0.477 e. The zero-order valence-electron chi connectivity index (χ0n) is 8.69. The molecule has 0 aliphatic rings. The first kappa shape index (κ1) is 11.7. The van der Waals surface area contributed by atoms with Crippen LogP contribution in [0.2, 0.25) is 0 Å². The molecule has 0 aliphatic carbocycles. The van der Waals surface area contributed by atoms with Crippen molar-refractivity contribution in [3.63, 3.8) is 0 Å². The van der Waals surface area contributed by atoms with Crippen LogP contribution in [0.5, 0.6) is 5.95 Å². The number of carbonyl (C=O) groups is 1. The molecule has 0 saturated carbocycles. The van der Waals surface area contributed by atoms with E-state index in [0.717, 1.165) is 0 Å². The van der Waals surface area contributed by atoms with E-state index >= 15 is 0 Å². The SMILES string of the molecule is COc1oc(=O)c2ccc(Br)cc2c1C(=O)O. The summed E-state index contributed by atoms with van der Waals surface area (Å²) >= 11 is 3.22. The lowest BCUT2D eigenvalue weighted by Crippen LogP contribution is -2.08. The average Bonchev–Trinajstić information content (AvgIpc) is 2.27. The van der Waals surface area contributed by atoms with Crippen LogP contribution in [0, 0.1) is 0 Å². The Hall–Kier alpha value is -1.82. The molecular weight excluding hydrogens is 292 g/mol. The normalized spacial score (nSPS) is 10.5. The highest BCUT2D eigenvalue weighted by Gasteiger charge is 2.20. The van der Waals surface area contributed by atoms with Crippen LogP contribution in [0.3, 0.4) is 0 Å². The van der Waals surface area contributed by atoms with Gasteiger partial charge in [-0.25, -0.2) is 9.59 Å². The predicted octanol–water partition coefficient (Wildman–Crippen LogP) is 2.26. The standard InChI is InChI=1S/C11H7BrO5/c1-16-11-8(9(13)14)7-4-5(12)2-3-6(7)10(15)17-11/h2-4H,1H3,(H,13,14). The van der Waals surface area contributed by atoms with Crippen molar-refractivity contribution in [1.29, 1.82) is 0 Å². The molecule has 0 atom stereocenters.